The molecule has 2 aromatic rings. The van der Waals surface area contributed by atoms with E-state index in [2.05, 4.69) is 0 Å². The van der Waals surface area contributed by atoms with Gasteiger partial charge >= 0.3 is 0 Å². The Morgan fingerprint density at radius 3 is 1.93 bits per heavy atom. The quantitative estimate of drug-likeness (QED) is 0.546. The van der Waals surface area contributed by atoms with Gasteiger partial charge in [-0.3, -0.25) is 0 Å². The first-order chi connectivity index (χ1) is 7.27. The van der Waals surface area contributed by atoms with Crippen molar-refractivity contribution in [2.45, 2.75) is 0 Å². The summed E-state index contributed by atoms with van der Waals surface area (Å²) < 4.78 is 12.7. The maximum absolute atomic E-state index is 12.7. The standard InChI is InChI=1S/C13H9FS/c14-12-8-6-11(7-9-12)13(15)10-4-2-1-3-5-10/h1-9H. The van der Waals surface area contributed by atoms with Crippen LogP contribution < -0.4 is 0 Å². The molecule has 0 aliphatic carbocycles. The molecular weight excluding hydrogens is 207 g/mol. The van der Waals surface area contributed by atoms with Crippen LogP contribution in [0.3, 0.4) is 0 Å². The lowest BCUT2D eigenvalue weighted by molar-refractivity contribution is 0.628. The molecule has 2 rings (SSSR count). The van der Waals surface area contributed by atoms with Gasteiger partial charge in [-0.2, -0.15) is 0 Å². The highest BCUT2D eigenvalue weighted by Crippen LogP contribution is 2.11. The second kappa shape index (κ2) is 4.32. The van der Waals surface area contributed by atoms with E-state index in [1.165, 1.54) is 12.1 Å². The van der Waals surface area contributed by atoms with Crippen molar-refractivity contribution in [2.24, 2.45) is 0 Å². The zero-order chi connectivity index (χ0) is 10.7. The van der Waals surface area contributed by atoms with E-state index in [1.54, 1.807) is 12.1 Å². The third-order valence-corrected chi connectivity index (χ3v) is 2.61. The summed E-state index contributed by atoms with van der Waals surface area (Å²) in [5, 5.41) is 0. The molecule has 0 aliphatic heterocycles. The second-order valence-electron chi connectivity index (χ2n) is 3.20. The molecule has 0 saturated carbocycles. The predicted molar refractivity (Wildman–Crippen MR) is 63.6 cm³/mol. The number of hydrogen-bond donors (Lipinski definition) is 0. The fourth-order valence-electron chi connectivity index (χ4n) is 1.36. The van der Waals surface area contributed by atoms with Gasteiger partial charge in [-0.05, 0) is 23.3 Å². The first-order valence-corrected chi connectivity index (χ1v) is 5.03. The fraction of sp³-hybridized carbons (Fsp3) is 0. The van der Waals surface area contributed by atoms with Gasteiger partial charge in [0.25, 0.3) is 0 Å². The van der Waals surface area contributed by atoms with Crippen molar-refractivity contribution in [3.05, 3.63) is 71.5 Å². The van der Waals surface area contributed by atoms with E-state index in [9.17, 15) is 4.39 Å². The summed E-state index contributed by atoms with van der Waals surface area (Å²) >= 11 is 5.31. The second-order valence-corrected chi connectivity index (χ2v) is 3.61. The largest absolute Gasteiger partial charge is 0.207 e. The SMILES string of the molecule is Fc1ccc(C(=S)c2ccccc2)cc1. The Balaban J connectivity index is 2.33. The average molecular weight is 216 g/mol. The lowest BCUT2D eigenvalue weighted by atomic mass is 10.1. The Hall–Kier alpha value is -1.54. The van der Waals surface area contributed by atoms with Gasteiger partial charge in [0.1, 0.15) is 5.82 Å². The zero-order valence-electron chi connectivity index (χ0n) is 7.98. The smallest absolute Gasteiger partial charge is 0.123 e. The van der Waals surface area contributed by atoms with Gasteiger partial charge in [0, 0.05) is 0 Å². The highest BCUT2D eigenvalue weighted by molar-refractivity contribution is 7.81. The third-order valence-electron chi connectivity index (χ3n) is 2.14. The van der Waals surface area contributed by atoms with Crippen LogP contribution in [0.5, 0.6) is 0 Å². The van der Waals surface area contributed by atoms with Crippen LogP contribution in [0.2, 0.25) is 0 Å². The zero-order valence-corrected chi connectivity index (χ0v) is 8.80. The highest BCUT2D eigenvalue weighted by Gasteiger charge is 2.03. The summed E-state index contributed by atoms with van der Waals surface area (Å²) in [6, 6.07) is 16.0. The van der Waals surface area contributed by atoms with Crippen molar-refractivity contribution >= 4 is 17.1 Å². The maximum Gasteiger partial charge on any atom is 0.123 e. The summed E-state index contributed by atoms with van der Waals surface area (Å²) in [5.74, 6) is -0.241. The lowest BCUT2D eigenvalue weighted by Gasteiger charge is -2.03. The van der Waals surface area contributed by atoms with Crippen LogP contribution >= 0.6 is 12.2 Å². The van der Waals surface area contributed by atoms with E-state index in [1.807, 2.05) is 30.3 Å². The van der Waals surface area contributed by atoms with Crippen molar-refractivity contribution in [3.8, 4) is 0 Å². The van der Waals surface area contributed by atoms with Crippen molar-refractivity contribution in [2.75, 3.05) is 0 Å². The van der Waals surface area contributed by atoms with Crippen LogP contribution in [0.15, 0.2) is 54.6 Å². The molecule has 0 aliphatic rings. The Kier molecular flexibility index (Phi) is 2.88. The molecule has 0 spiro atoms. The van der Waals surface area contributed by atoms with Gasteiger partial charge in [-0.15, -0.1) is 0 Å². The number of thiocarbonyl (C=S) groups is 1. The molecule has 0 fully saturated rings. The Morgan fingerprint density at radius 2 is 1.33 bits per heavy atom. The van der Waals surface area contributed by atoms with Crippen LogP contribution in [0.4, 0.5) is 4.39 Å². The summed E-state index contributed by atoms with van der Waals surface area (Å²) in [6.45, 7) is 0. The van der Waals surface area contributed by atoms with E-state index >= 15 is 0 Å². The molecule has 74 valence electrons. The number of halogens is 1. The van der Waals surface area contributed by atoms with Gasteiger partial charge in [-0.1, -0.05) is 54.7 Å². The van der Waals surface area contributed by atoms with Crippen LogP contribution in [-0.4, -0.2) is 4.86 Å². The van der Waals surface area contributed by atoms with Crippen LogP contribution in [0.1, 0.15) is 11.1 Å². The minimum atomic E-state index is -0.241. The maximum atomic E-state index is 12.7. The molecule has 2 heteroatoms. The summed E-state index contributed by atoms with van der Waals surface area (Å²) in [6.07, 6.45) is 0. The van der Waals surface area contributed by atoms with Crippen LogP contribution in [0.25, 0.3) is 0 Å². The molecule has 2 aromatic carbocycles. The van der Waals surface area contributed by atoms with Gasteiger partial charge in [-0.25, -0.2) is 4.39 Å². The van der Waals surface area contributed by atoms with E-state index in [0.29, 0.717) is 0 Å². The number of rotatable bonds is 2. The molecule has 0 unspecified atom stereocenters. The third kappa shape index (κ3) is 2.28. The molecule has 0 radical (unpaired) electrons. The predicted octanol–water partition coefficient (Wildman–Crippen LogP) is 3.59. The molecule has 0 N–H and O–H groups in total. The topological polar surface area (TPSA) is 0 Å². The Labute approximate surface area is 93.4 Å². The van der Waals surface area contributed by atoms with Crippen molar-refractivity contribution in [1.29, 1.82) is 0 Å². The van der Waals surface area contributed by atoms with Gasteiger partial charge in [0.2, 0.25) is 0 Å². The van der Waals surface area contributed by atoms with E-state index in [-0.39, 0.29) is 5.82 Å². The monoisotopic (exact) mass is 216 g/mol. The molecule has 0 nitrogen and oxygen atoms in total. The highest BCUT2D eigenvalue weighted by atomic mass is 32.1. The molecule has 0 heterocycles. The summed E-state index contributed by atoms with van der Waals surface area (Å²) in [7, 11) is 0. The first kappa shape index (κ1) is 9.99. The lowest BCUT2D eigenvalue weighted by Crippen LogP contribution is -1.98. The normalized spacial score (nSPS) is 9.93. The van der Waals surface area contributed by atoms with E-state index in [4.69, 9.17) is 12.2 Å². The molecule has 15 heavy (non-hydrogen) atoms. The van der Waals surface area contributed by atoms with E-state index in [0.717, 1.165) is 16.0 Å². The minimum absolute atomic E-state index is 0.241. The molecule has 0 aromatic heterocycles. The van der Waals surface area contributed by atoms with Crippen LogP contribution in [0, 0.1) is 5.82 Å². The van der Waals surface area contributed by atoms with Crippen molar-refractivity contribution in [1.82, 2.24) is 0 Å². The summed E-state index contributed by atoms with van der Waals surface area (Å²) in [4.78, 5) is 0.746. The van der Waals surface area contributed by atoms with Crippen molar-refractivity contribution in [3.63, 3.8) is 0 Å². The van der Waals surface area contributed by atoms with Gasteiger partial charge in [0.05, 0.1) is 4.86 Å². The van der Waals surface area contributed by atoms with Gasteiger partial charge < -0.3 is 0 Å². The average Bonchev–Trinajstić information content (AvgIpc) is 2.30. The molecule has 0 saturated heterocycles. The Morgan fingerprint density at radius 1 is 0.800 bits per heavy atom. The van der Waals surface area contributed by atoms with Crippen molar-refractivity contribution < 1.29 is 4.39 Å². The fourth-order valence-corrected chi connectivity index (χ4v) is 1.63. The molecule has 0 atom stereocenters. The number of benzene rings is 2. The van der Waals surface area contributed by atoms with Gasteiger partial charge in [0.15, 0.2) is 0 Å². The molecular formula is C13H9FS. The summed E-state index contributed by atoms with van der Waals surface area (Å²) in [5.41, 5.74) is 1.86. The number of hydrogen-bond acceptors (Lipinski definition) is 1. The first-order valence-electron chi connectivity index (χ1n) is 4.63. The molecule has 0 amide bonds. The molecule has 0 bridgehead atoms. The minimum Gasteiger partial charge on any atom is -0.207 e. The Bertz CT molecular complexity index is 460. The van der Waals surface area contributed by atoms with Crippen LogP contribution in [-0.2, 0) is 0 Å². The van der Waals surface area contributed by atoms with E-state index < -0.39 is 0 Å².